The van der Waals surface area contributed by atoms with Crippen molar-refractivity contribution in [2.75, 3.05) is 18.4 Å². The van der Waals surface area contributed by atoms with Crippen LogP contribution in [0.25, 0.3) is 10.2 Å². The number of hydrogen-bond donors (Lipinski definition) is 2. The minimum atomic E-state index is 0.0581. The van der Waals surface area contributed by atoms with Gasteiger partial charge in [0.2, 0.25) is 5.91 Å². The van der Waals surface area contributed by atoms with E-state index in [1.54, 1.807) is 23.7 Å². The number of benzene rings is 1. The van der Waals surface area contributed by atoms with Crippen LogP contribution in [0.5, 0.6) is 0 Å². The molecule has 0 fully saturated rings. The molecule has 6 nitrogen and oxygen atoms in total. The van der Waals surface area contributed by atoms with E-state index >= 15 is 0 Å². The second kappa shape index (κ2) is 9.68. The first kappa shape index (κ1) is 22.9. The number of amides is 1. The van der Waals surface area contributed by atoms with Crippen LogP contribution in [0.3, 0.4) is 0 Å². The van der Waals surface area contributed by atoms with Crippen molar-refractivity contribution in [2.24, 2.45) is 0 Å². The molecule has 0 atom stereocenters. The normalized spacial score (nSPS) is 14.2. The van der Waals surface area contributed by atoms with Crippen LogP contribution in [0.1, 0.15) is 37.6 Å². The van der Waals surface area contributed by atoms with Gasteiger partial charge in [-0.3, -0.25) is 4.79 Å². The highest BCUT2D eigenvalue weighted by Crippen LogP contribution is 2.38. The fourth-order valence-electron chi connectivity index (χ4n) is 3.64. The molecular weight excluding hydrogens is 486 g/mol. The third kappa shape index (κ3) is 5.19. The van der Waals surface area contributed by atoms with E-state index in [1.807, 2.05) is 35.2 Å². The van der Waals surface area contributed by atoms with Gasteiger partial charge in [0, 0.05) is 39.7 Å². The number of nitrogens with zero attached hydrogens (tertiary/aromatic N) is 3. The number of rotatable bonds is 7. The molecule has 1 aliphatic rings. The first-order valence-corrected chi connectivity index (χ1v) is 12.5. The summed E-state index contributed by atoms with van der Waals surface area (Å²) < 4.78 is 1.01. The van der Waals surface area contributed by atoms with E-state index in [0.717, 1.165) is 39.0 Å². The first-order valence-electron chi connectivity index (χ1n) is 10.8. The number of anilines is 2. The van der Waals surface area contributed by atoms with Crippen LogP contribution >= 0.6 is 27.3 Å². The van der Waals surface area contributed by atoms with Crippen molar-refractivity contribution in [1.29, 1.82) is 0 Å². The van der Waals surface area contributed by atoms with Gasteiger partial charge in [-0.15, -0.1) is 11.3 Å². The third-order valence-corrected chi connectivity index (χ3v) is 7.50. The van der Waals surface area contributed by atoms with Crippen LogP contribution in [-0.4, -0.2) is 39.4 Å². The lowest BCUT2D eigenvalue weighted by Gasteiger charge is -2.26. The molecule has 3 aromatic rings. The zero-order valence-electron chi connectivity index (χ0n) is 18.6. The van der Waals surface area contributed by atoms with E-state index < -0.39 is 0 Å². The van der Waals surface area contributed by atoms with E-state index in [-0.39, 0.29) is 11.4 Å². The molecule has 8 heteroatoms. The quantitative estimate of drug-likeness (QED) is 0.413. The Hall–Kier alpha value is -2.29. The molecule has 0 saturated heterocycles. The van der Waals surface area contributed by atoms with E-state index in [9.17, 15) is 4.79 Å². The van der Waals surface area contributed by atoms with Gasteiger partial charge in [-0.05, 0) is 50.5 Å². The van der Waals surface area contributed by atoms with Gasteiger partial charge in [0.1, 0.15) is 17.0 Å². The molecule has 0 aliphatic carbocycles. The summed E-state index contributed by atoms with van der Waals surface area (Å²) in [5.74, 6) is 0.873. The maximum atomic E-state index is 12.7. The summed E-state index contributed by atoms with van der Waals surface area (Å²) in [6.45, 7) is 8.49. The van der Waals surface area contributed by atoms with Crippen LogP contribution in [0.2, 0.25) is 0 Å². The number of nitrogens with one attached hydrogen (secondary N) is 2. The molecule has 0 unspecified atom stereocenters. The van der Waals surface area contributed by atoms with Crippen molar-refractivity contribution in [2.45, 2.75) is 45.7 Å². The number of aromatic nitrogens is 2. The van der Waals surface area contributed by atoms with Gasteiger partial charge < -0.3 is 15.5 Å². The Bertz CT molecular complexity index is 1160. The lowest BCUT2D eigenvalue weighted by molar-refractivity contribution is -0.126. The molecule has 4 rings (SSSR count). The fraction of sp³-hybridized carbons (Fsp3) is 0.375. The van der Waals surface area contributed by atoms with Crippen molar-refractivity contribution < 1.29 is 4.79 Å². The molecule has 2 N–H and O–H groups in total. The van der Waals surface area contributed by atoms with Gasteiger partial charge in [-0.25, -0.2) is 9.97 Å². The highest BCUT2D eigenvalue weighted by molar-refractivity contribution is 9.10. The van der Waals surface area contributed by atoms with E-state index in [2.05, 4.69) is 57.3 Å². The largest absolute Gasteiger partial charge is 0.340 e. The predicted octanol–water partition coefficient (Wildman–Crippen LogP) is 5.42. The summed E-state index contributed by atoms with van der Waals surface area (Å²) in [6.07, 6.45) is 7.05. The van der Waals surface area contributed by atoms with Crippen LogP contribution in [0.4, 0.5) is 11.5 Å². The standard InChI is InChI=1S/C24H28BrN5OS/c1-4-24(2,3)28-11-6-9-20(31)30-12-10-18-19(14-30)32-23-21(18)22(26-15-27-23)29-17-8-5-7-16(25)13-17/h5-9,13,15,28H,4,10-12,14H2,1-3H3,(H,26,27,29). The number of carbonyl (C=O) groups is 1. The zero-order chi connectivity index (χ0) is 22.7. The monoisotopic (exact) mass is 513 g/mol. The van der Waals surface area contributed by atoms with Crippen LogP contribution in [0.15, 0.2) is 47.2 Å². The average molecular weight is 514 g/mol. The number of hydrogen-bond acceptors (Lipinski definition) is 6. The fourth-order valence-corrected chi connectivity index (χ4v) is 5.24. The van der Waals surface area contributed by atoms with Crippen molar-refractivity contribution in [3.05, 3.63) is 57.7 Å². The van der Waals surface area contributed by atoms with Crippen LogP contribution in [0, 0.1) is 0 Å². The van der Waals surface area contributed by atoms with Gasteiger partial charge >= 0.3 is 0 Å². The Morgan fingerprint density at radius 2 is 2.19 bits per heavy atom. The molecule has 32 heavy (non-hydrogen) atoms. The molecule has 1 aromatic carbocycles. The van der Waals surface area contributed by atoms with Crippen molar-refractivity contribution in [1.82, 2.24) is 20.2 Å². The summed E-state index contributed by atoms with van der Waals surface area (Å²) in [6, 6.07) is 8.02. The summed E-state index contributed by atoms with van der Waals surface area (Å²) in [5, 5.41) is 7.96. The van der Waals surface area contributed by atoms with Gasteiger partial charge in [0.15, 0.2) is 0 Å². The molecule has 168 valence electrons. The molecule has 0 bridgehead atoms. The van der Waals surface area contributed by atoms with Crippen molar-refractivity contribution in [3.63, 3.8) is 0 Å². The number of thiophene rings is 1. The lowest BCUT2D eigenvalue weighted by atomic mass is 10.0. The van der Waals surface area contributed by atoms with Crippen LogP contribution < -0.4 is 10.6 Å². The Morgan fingerprint density at radius 3 is 2.97 bits per heavy atom. The van der Waals surface area contributed by atoms with Gasteiger partial charge in [0.05, 0.1) is 11.9 Å². The van der Waals surface area contributed by atoms with Crippen LogP contribution in [-0.2, 0) is 17.8 Å². The summed E-state index contributed by atoms with van der Waals surface area (Å²) in [5.41, 5.74) is 2.30. The lowest BCUT2D eigenvalue weighted by Crippen LogP contribution is -2.38. The molecular formula is C24H28BrN5OS. The minimum Gasteiger partial charge on any atom is -0.340 e. The Morgan fingerprint density at radius 1 is 1.34 bits per heavy atom. The summed E-state index contributed by atoms with van der Waals surface area (Å²) >= 11 is 5.17. The Kier molecular flexibility index (Phi) is 6.93. The smallest absolute Gasteiger partial charge is 0.246 e. The van der Waals surface area contributed by atoms with Gasteiger partial charge in [-0.1, -0.05) is 35.0 Å². The Balaban J connectivity index is 1.49. The topological polar surface area (TPSA) is 70.2 Å². The molecule has 3 heterocycles. The number of fused-ring (bicyclic) bond motifs is 3. The highest BCUT2D eigenvalue weighted by atomic mass is 79.9. The maximum absolute atomic E-state index is 12.7. The van der Waals surface area contributed by atoms with Gasteiger partial charge in [-0.2, -0.15) is 0 Å². The molecule has 0 radical (unpaired) electrons. The van der Waals surface area contributed by atoms with E-state index in [1.165, 1.54) is 10.4 Å². The number of halogens is 1. The van der Waals surface area contributed by atoms with Gasteiger partial charge in [0.25, 0.3) is 0 Å². The SMILES string of the molecule is CCC(C)(C)NCC=CC(=O)N1CCc2c(sc3ncnc(Nc4cccc(Br)c4)c23)C1. The average Bonchev–Trinajstić information content (AvgIpc) is 3.15. The molecule has 0 saturated carbocycles. The Labute approximate surface area is 201 Å². The van der Waals surface area contributed by atoms with Crippen molar-refractivity contribution >= 4 is 54.9 Å². The second-order valence-corrected chi connectivity index (χ2v) is 10.6. The molecule has 2 aromatic heterocycles. The van der Waals surface area contributed by atoms with E-state index in [4.69, 9.17) is 0 Å². The zero-order valence-corrected chi connectivity index (χ0v) is 21.0. The maximum Gasteiger partial charge on any atom is 0.246 e. The highest BCUT2D eigenvalue weighted by Gasteiger charge is 2.25. The predicted molar refractivity (Wildman–Crippen MR) is 135 cm³/mol. The third-order valence-electron chi connectivity index (χ3n) is 5.88. The van der Waals surface area contributed by atoms with E-state index in [0.29, 0.717) is 19.6 Å². The van der Waals surface area contributed by atoms with Crippen molar-refractivity contribution in [3.8, 4) is 0 Å². The molecule has 1 aliphatic heterocycles. The second-order valence-electron chi connectivity index (χ2n) is 8.57. The summed E-state index contributed by atoms with van der Waals surface area (Å²) in [4.78, 5) is 25.8. The first-order chi connectivity index (χ1) is 15.4. The molecule has 0 spiro atoms. The molecule has 1 amide bonds. The summed E-state index contributed by atoms with van der Waals surface area (Å²) in [7, 11) is 0. The number of carbonyl (C=O) groups excluding carboxylic acids is 1. The minimum absolute atomic E-state index is 0.0581.